The summed E-state index contributed by atoms with van der Waals surface area (Å²) in [5, 5.41) is 10.6. The van der Waals surface area contributed by atoms with Gasteiger partial charge in [-0.25, -0.2) is 4.79 Å². The molecule has 3 aromatic rings. The number of halogens is 1. The SMILES string of the molecule is Cc1occc1C(O)c1cc2c(cc1Br)n(C)c(=O)n2C. The van der Waals surface area contributed by atoms with Crippen LogP contribution in [0.4, 0.5) is 0 Å². The monoisotopic (exact) mass is 350 g/mol. The van der Waals surface area contributed by atoms with Gasteiger partial charge < -0.3 is 9.52 Å². The maximum absolute atomic E-state index is 12.0. The minimum absolute atomic E-state index is 0.0944. The van der Waals surface area contributed by atoms with Gasteiger partial charge in [-0.05, 0) is 25.1 Å². The second-order valence-electron chi connectivity index (χ2n) is 5.10. The first-order chi connectivity index (χ1) is 9.91. The number of aliphatic hydroxyl groups is 1. The van der Waals surface area contributed by atoms with Crippen molar-refractivity contribution in [1.29, 1.82) is 0 Å². The number of furan rings is 1. The molecule has 0 saturated heterocycles. The van der Waals surface area contributed by atoms with Gasteiger partial charge in [0.25, 0.3) is 0 Å². The summed E-state index contributed by atoms with van der Waals surface area (Å²) in [4.78, 5) is 12.0. The first-order valence-corrected chi connectivity index (χ1v) is 7.28. The first kappa shape index (κ1) is 14.2. The van der Waals surface area contributed by atoms with Crippen LogP contribution in [0.15, 0.2) is 38.1 Å². The first-order valence-electron chi connectivity index (χ1n) is 6.48. The molecule has 1 aromatic carbocycles. The lowest BCUT2D eigenvalue weighted by atomic mass is 10.0. The molecular formula is C15H15BrN2O3. The van der Waals surface area contributed by atoms with Gasteiger partial charge in [0.05, 0.1) is 17.3 Å². The predicted molar refractivity (Wildman–Crippen MR) is 83.4 cm³/mol. The van der Waals surface area contributed by atoms with E-state index in [2.05, 4.69) is 15.9 Å². The van der Waals surface area contributed by atoms with Crippen LogP contribution in [0.2, 0.25) is 0 Å². The molecule has 0 aliphatic heterocycles. The number of fused-ring (bicyclic) bond motifs is 1. The Kier molecular flexibility index (Phi) is 3.30. The number of hydrogen-bond acceptors (Lipinski definition) is 3. The Hall–Kier alpha value is -1.79. The van der Waals surface area contributed by atoms with E-state index in [0.717, 1.165) is 21.1 Å². The van der Waals surface area contributed by atoms with Gasteiger partial charge in [0.2, 0.25) is 0 Å². The molecule has 2 heterocycles. The van der Waals surface area contributed by atoms with Crippen LogP contribution in [-0.2, 0) is 14.1 Å². The Morgan fingerprint density at radius 3 is 2.38 bits per heavy atom. The van der Waals surface area contributed by atoms with Crippen molar-refractivity contribution in [2.24, 2.45) is 14.1 Å². The van der Waals surface area contributed by atoms with Crippen LogP contribution in [0.1, 0.15) is 23.0 Å². The topological polar surface area (TPSA) is 60.3 Å². The molecule has 0 saturated carbocycles. The fraction of sp³-hybridized carbons (Fsp3) is 0.267. The summed E-state index contributed by atoms with van der Waals surface area (Å²) >= 11 is 3.48. The molecule has 1 N–H and O–H groups in total. The minimum atomic E-state index is -0.808. The molecule has 0 aliphatic carbocycles. The number of benzene rings is 1. The number of rotatable bonds is 2. The molecule has 0 amide bonds. The normalized spacial score (nSPS) is 13.0. The van der Waals surface area contributed by atoms with Gasteiger partial charge in [-0.15, -0.1) is 0 Å². The van der Waals surface area contributed by atoms with Gasteiger partial charge in [-0.1, -0.05) is 15.9 Å². The fourth-order valence-corrected chi connectivity index (χ4v) is 3.14. The van der Waals surface area contributed by atoms with Crippen LogP contribution in [0.3, 0.4) is 0 Å². The number of aryl methyl sites for hydroxylation is 3. The lowest BCUT2D eigenvalue weighted by Gasteiger charge is -2.13. The quantitative estimate of drug-likeness (QED) is 0.772. The number of aromatic nitrogens is 2. The van der Waals surface area contributed by atoms with Crippen molar-refractivity contribution in [3.05, 3.63) is 56.3 Å². The molecule has 0 fully saturated rings. The molecule has 1 unspecified atom stereocenters. The van der Waals surface area contributed by atoms with E-state index in [1.807, 2.05) is 19.1 Å². The molecule has 21 heavy (non-hydrogen) atoms. The fourth-order valence-electron chi connectivity index (χ4n) is 2.59. The Bertz CT molecular complexity index is 888. The van der Waals surface area contributed by atoms with E-state index in [-0.39, 0.29) is 5.69 Å². The molecule has 5 nitrogen and oxygen atoms in total. The van der Waals surface area contributed by atoms with E-state index in [9.17, 15) is 9.90 Å². The van der Waals surface area contributed by atoms with E-state index in [0.29, 0.717) is 11.3 Å². The van der Waals surface area contributed by atoms with Crippen molar-refractivity contribution in [3.63, 3.8) is 0 Å². The second kappa shape index (κ2) is 4.89. The summed E-state index contributed by atoms with van der Waals surface area (Å²) < 4.78 is 9.15. The van der Waals surface area contributed by atoms with E-state index in [1.54, 1.807) is 35.6 Å². The summed E-state index contributed by atoms with van der Waals surface area (Å²) in [5.41, 5.74) is 2.92. The standard InChI is InChI=1S/C15H15BrN2O3/c1-8-9(4-5-21-8)14(19)10-6-12-13(7-11(10)16)18(3)15(20)17(12)2/h4-7,14,19H,1-3H3. The number of aliphatic hydroxyl groups excluding tert-OH is 1. The highest BCUT2D eigenvalue weighted by Gasteiger charge is 2.20. The van der Waals surface area contributed by atoms with E-state index in [4.69, 9.17) is 4.42 Å². The van der Waals surface area contributed by atoms with Crippen molar-refractivity contribution in [2.75, 3.05) is 0 Å². The van der Waals surface area contributed by atoms with Crippen molar-refractivity contribution < 1.29 is 9.52 Å². The van der Waals surface area contributed by atoms with Crippen LogP contribution >= 0.6 is 15.9 Å². The minimum Gasteiger partial charge on any atom is -0.469 e. The van der Waals surface area contributed by atoms with Crippen LogP contribution in [0.5, 0.6) is 0 Å². The maximum atomic E-state index is 12.0. The third-order valence-electron chi connectivity index (χ3n) is 3.88. The van der Waals surface area contributed by atoms with Crippen molar-refractivity contribution >= 4 is 27.0 Å². The molecule has 6 heteroatoms. The zero-order chi connectivity index (χ0) is 15.3. The molecule has 3 rings (SSSR count). The molecule has 1 atom stereocenters. The highest BCUT2D eigenvalue weighted by molar-refractivity contribution is 9.10. The van der Waals surface area contributed by atoms with Crippen LogP contribution in [0.25, 0.3) is 11.0 Å². The van der Waals surface area contributed by atoms with Crippen LogP contribution in [-0.4, -0.2) is 14.2 Å². The Morgan fingerprint density at radius 1 is 1.19 bits per heavy atom. The summed E-state index contributed by atoms with van der Waals surface area (Å²) in [5.74, 6) is 0.677. The summed E-state index contributed by atoms with van der Waals surface area (Å²) in [6.07, 6.45) is 0.747. The number of nitrogens with zero attached hydrogens (tertiary/aromatic N) is 2. The summed E-state index contributed by atoms with van der Waals surface area (Å²) in [7, 11) is 3.45. The highest BCUT2D eigenvalue weighted by atomic mass is 79.9. The van der Waals surface area contributed by atoms with E-state index < -0.39 is 6.10 Å². The van der Waals surface area contributed by atoms with Crippen molar-refractivity contribution in [1.82, 2.24) is 9.13 Å². The van der Waals surface area contributed by atoms with Gasteiger partial charge in [-0.3, -0.25) is 9.13 Å². The molecule has 0 spiro atoms. The molecular weight excluding hydrogens is 336 g/mol. The second-order valence-corrected chi connectivity index (χ2v) is 5.95. The van der Waals surface area contributed by atoms with E-state index in [1.165, 1.54) is 0 Å². The van der Waals surface area contributed by atoms with Crippen molar-refractivity contribution in [2.45, 2.75) is 13.0 Å². The predicted octanol–water partition coefficient (Wildman–Crippen LogP) is 2.62. The Labute approximate surface area is 129 Å². The molecule has 0 aliphatic rings. The zero-order valence-corrected chi connectivity index (χ0v) is 13.5. The van der Waals surface area contributed by atoms with E-state index >= 15 is 0 Å². The zero-order valence-electron chi connectivity index (χ0n) is 11.9. The van der Waals surface area contributed by atoms with Gasteiger partial charge in [0.1, 0.15) is 11.9 Å². The number of imidazole rings is 1. The van der Waals surface area contributed by atoms with Crippen LogP contribution < -0.4 is 5.69 Å². The molecule has 0 bridgehead atoms. The lowest BCUT2D eigenvalue weighted by Crippen LogP contribution is -2.19. The smallest absolute Gasteiger partial charge is 0.328 e. The van der Waals surface area contributed by atoms with Gasteiger partial charge >= 0.3 is 5.69 Å². The molecule has 0 radical (unpaired) electrons. The Morgan fingerprint density at radius 2 is 1.81 bits per heavy atom. The lowest BCUT2D eigenvalue weighted by molar-refractivity contribution is 0.217. The van der Waals surface area contributed by atoms with Gasteiger partial charge in [-0.2, -0.15) is 0 Å². The molecule has 2 aromatic heterocycles. The largest absolute Gasteiger partial charge is 0.469 e. The van der Waals surface area contributed by atoms with Gasteiger partial charge in [0.15, 0.2) is 0 Å². The average molecular weight is 351 g/mol. The Balaban J connectivity index is 2.24. The average Bonchev–Trinajstić information content (AvgIpc) is 2.97. The highest BCUT2D eigenvalue weighted by Crippen LogP contribution is 2.33. The summed E-state index contributed by atoms with van der Waals surface area (Å²) in [6.45, 7) is 1.81. The maximum Gasteiger partial charge on any atom is 0.328 e. The van der Waals surface area contributed by atoms with Crippen molar-refractivity contribution in [3.8, 4) is 0 Å². The van der Waals surface area contributed by atoms with Crippen LogP contribution in [0, 0.1) is 6.92 Å². The third kappa shape index (κ3) is 2.06. The summed E-state index contributed by atoms with van der Waals surface area (Å²) in [6, 6.07) is 5.43. The molecule has 110 valence electrons. The van der Waals surface area contributed by atoms with Gasteiger partial charge in [0, 0.05) is 29.7 Å². The third-order valence-corrected chi connectivity index (χ3v) is 4.57. The number of hydrogen-bond donors (Lipinski definition) is 1.